The molecule has 0 fully saturated rings. The smallest absolute Gasteiger partial charge is 0.270 e. The zero-order chi connectivity index (χ0) is 19.8. The Morgan fingerprint density at radius 3 is 2.64 bits per heavy atom. The van der Waals surface area contributed by atoms with Crippen molar-refractivity contribution < 1.29 is 9.34 Å². The van der Waals surface area contributed by atoms with Crippen molar-refractivity contribution in [3.63, 3.8) is 0 Å². The Labute approximate surface area is 164 Å². The van der Waals surface area contributed by atoms with E-state index in [0.717, 1.165) is 26.1 Å². The standard InChI is InChI=1S/C22H23N3O3/c1-2-13-24(14-11-18-7-4-3-5-8-18)15-12-22-23-17-21(28-22)19-9-6-10-20(16-19)25(26)27/h2-10,16-17H,1,11-15H2. The molecule has 28 heavy (non-hydrogen) atoms. The van der Waals surface area contributed by atoms with Crippen molar-refractivity contribution in [2.24, 2.45) is 0 Å². The molecule has 0 unspecified atom stereocenters. The van der Waals surface area contributed by atoms with Gasteiger partial charge in [-0.2, -0.15) is 0 Å². The molecular formula is C22H23N3O3. The molecule has 0 aliphatic heterocycles. The van der Waals surface area contributed by atoms with Gasteiger partial charge < -0.3 is 4.42 Å². The fourth-order valence-corrected chi connectivity index (χ4v) is 2.99. The Hall–Kier alpha value is -3.25. The summed E-state index contributed by atoms with van der Waals surface area (Å²) >= 11 is 0. The number of nitrogens with zero attached hydrogens (tertiary/aromatic N) is 3. The molecule has 2 aromatic carbocycles. The van der Waals surface area contributed by atoms with Gasteiger partial charge in [-0.05, 0) is 12.0 Å². The van der Waals surface area contributed by atoms with Crippen LogP contribution in [0.25, 0.3) is 11.3 Å². The van der Waals surface area contributed by atoms with Gasteiger partial charge in [-0.25, -0.2) is 4.98 Å². The summed E-state index contributed by atoms with van der Waals surface area (Å²) < 4.78 is 5.81. The molecule has 6 nitrogen and oxygen atoms in total. The molecule has 1 heterocycles. The molecule has 0 N–H and O–H groups in total. The largest absolute Gasteiger partial charge is 0.441 e. The second-order valence-electron chi connectivity index (χ2n) is 6.50. The van der Waals surface area contributed by atoms with Crippen molar-refractivity contribution in [3.05, 3.63) is 95.0 Å². The third-order valence-electron chi connectivity index (χ3n) is 4.48. The number of aromatic nitrogens is 1. The van der Waals surface area contributed by atoms with E-state index in [9.17, 15) is 10.1 Å². The van der Waals surface area contributed by atoms with Crippen LogP contribution in [0.5, 0.6) is 0 Å². The van der Waals surface area contributed by atoms with E-state index < -0.39 is 4.92 Å². The predicted octanol–water partition coefficient (Wildman–Crippen LogP) is 4.52. The Morgan fingerprint density at radius 1 is 1.11 bits per heavy atom. The third kappa shape index (κ3) is 5.37. The highest BCUT2D eigenvalue weighted by atomic mass is 16.6. The number of nitro groups is 1. The number of benzene rings is 2. The second kappa shape index (κ2) is 9.62. The average molecular weight is 377 g/mol. The third-order valence-corrected chi connectivity index (χ3v) is 4.48. The van der Waals surface area contributed by atoms with E-state index in [2.05, 4.69) is 40.7 Å². The van der Waals surface area contributed by atoms with E-state index in [1.165, 1.54) is 17.7 Å². The molecule has 0 saturated carbocycles. The van der Waals surface area contributed by atoms with Crippen LogP contribution < -0.4 is 0 Å². The first kappa shape index (κ1) is 19.5. The number of nitro benzene ring substituents is 1. The molecule has 0 saturated heterocycles. The first-order valence-corrected chi connectivity index (χ1v) is 9.22. The zero-order valence-corrected chi connectivity index (χ0v) is 15.7. The maximum absolute atomic E-state index is 10.9. The van der Waals surface area contributed by atoms with Gasteiger partial charge in [0.1, 0.15) is 0 Å². The quantitative estimate of drug-likeness (QED) is 0.295. The van der Waals surface area contributed by atoms with E-state index in [0.29, 0.717) is 23.6 Å². The fraction of sp³-hybridized carbons (Fsp3) is 0.227. The minimum absolute atomic E-state index is 0.0357. The van der Waals surface area contributed by atoms with Gasteiger partial charge in [-0.15, -0.1) is 6.58 Å². The van der Waals surface area contributed by atoms with Crippen molar-refractivity contribution in [1.29, 1.82) is 0 Å². The van der Waals surface area contributed by atoms with Crippen LogP contribution in [0, 0.1) is 10.1 Å². The van der Waals surface area contributed by atoms with Gasteiger partial charge in [0.25, 0.3) is 5.69 Å². The van der Waals surface area contributed by atoms with E-state index in [-0.39, 0.29) is 5.69 Å². The number of hydrogen-bond acceptors (Lipinski definition) is 5. The van der Waals surface area contributed by atoms with E-state index in [1.54, 1.807) is 18.3 Å². The van der Waals surface area contributed by atoms with Crippen molar-refractivity contribution >= 4 is 5.69 Å². The Balaban J connectivity index is 1.59. The molecule has 0 bridgehead atoms. The van der Waals surface area contributed by atoms with Crippen molar-refractivity contribution in [1.82, 2.24) is 9.88 Å². The van der Waals surface area contributed by atoms with Crippen molar-refractivity contribution in [3.8, 4) is 11.3 Å². The summed E-state index contributed by atoms with van der Waals surface area (Å²) in [6.45, 7) is 6.36. The summed E-state index contributed by atoms with van der Waals surface area (Å²) in [5.74, 6) is 1.16. The summed E-state index contributed by atoms with van der Waals surface area (Å²) in [6, 6.07) is 16.8. The summed E-state index contributed by atoms with van der Waals surface area (Å²) in [4.78, 5) is 17.2. The molecule has 3 rings (SSSR count). The summed E-state index contributed by atoms with van der Waals surface area (Å²) in [5, 5.41) is 10.9. The first-order chi connectivity index (χ1) is 13.7. The Bertz CT molecular complexity index is 922. The lowest BCUT2D eigenvalue weighted by molar-refractivity contribution is -0.384. The molecule has 0 atom stereocenters. The minimum Gasteiger partial charge on any atom is -0.441 e. The van der Waals surface area contributed by atoms with Crippen molar-refractivity contribution in [2.45, 2.75) is 12.8 Å². The summed E-state index contributed by atoms with van der Waals surface area (Å²) in [7, 11) is 0. The average Bonchev–Trinajstić information content (AvgIpc) is 3.20. The Morgan fingerprint density at radius 2 is 1.89 bits per heavy atom. The fourth-order valence-electron chi connectivity index (χ4n) is 2.99. The predicted molar refractivity (Wildman–Crippen MR) is 109 cm³/mol. The van der Waals surface area contributed by atoms with Gasteiger partial charge in [-0.1, -0.05) is 48.5 Å². The maximum Gasteiger partial charge on any atom is 0.270 e. The molecule has 0 aliphatic rings. The maximum atomic E-state index is 10.9. The minimum atomic E-state index is -0.416. The van der Waals surface area contributed by atoms with Crippen LogP contribution >= 0.6 is 0 Å². The van der Waals surface area contributed by atoms with Gasteiger partial charge in [0.15, 0.2) is 11.7 Å². The normalized spacial score (nSPS) is 10.9. The van der Waals surface area contributed by atoms with Gasteiger partial charge in [0, 0.05) is 43.8 Å². The molecule has 0 aliphatic carbocycles. The van der Waals surface area contributed by atoms with E-state index in [1.807, 2.05) is 12.1 Å². The lowest BCUT2D eigenvalue weighted by atomic mass is 10.1. The topological polar surface area (TPSA) is 72.4 Å². The summed E-state index contributed by atoms with van der Waals surface area (Å²) in [6.07, 6.45) is 5.15. The highest BCUT2D eigenvalue weighted by molar-refractivity contribution is 5.60. The van der Waals surface area contributed by atoms with E-state index in [4.69, 9.17) is 4.42 Å². The molecule has 144 valence electrons. The number of non-ortho nitro benzene ring substituents is 1. The number of oxazole rings is 1. The molecule has 1 aromatic heterocycles. The van der Waals surface area contributed by atoms with Crippen LogP contribution in [-0.4, -0.2) is 34.4 Å². The van der Waals surface area contributed by atoms with Crippen LogP contribution in [0.3, 0.4) is 0 Å². The van der Waals surface area contributed by atoms with Crippen LogP contribution in [0.1, 0.15) is 11.5 Å². The van der Waals surface area contributed by atoms with Crippen LogP contribution in [0.2, 0.25) is 0 Å². The molecule has 6 heteroatoms. The lowest BCUT2D eigenvalue weighted by Crippen LogP contribution is -2.28. The van der Waals surface area contributed by atoms with Gasteiger partial charge in [0.05, 0.1) is 11.1 Å². The van der Waals surface area contributed by atoms with Gasteiger partial charge >= 0.3 is 0 Å². The summed E-state index contributed by atoms with van der Waals surface area (Å²) in [5.41, 5.74) is 1.99. The van der Waals surface area contributed by atoms with Crippen LogP contribution in [0.4, 0.5) is 5.69 Å². The van der Waals surface area contributed by atoms with Crippen LogP contribution in [0.15, 0.2) is 77.9 Å². The number of hydrogen-bond donors (Lipinski definition) is 0. The highest BCUT2D eigenvalue weighted by Gasteiger charge is 2.12. The van der Waals surface area contributed by atoms with E-state index >= 15 is 0 Å². The Kier molecular flexibility index (Phi) is 6.70. The van der Waals surface area contributed by atoms with Gasteiger partial charge in [0.2, 0.25) is 0 Å². The molecule has 3 aromatic rings. The highest BCUT2D eigenvalue weighted by Crippen LogP contribution is 2.24. The van der Waals surface area contributed by atoms with Crippen LogP contribution in [-0.2, 0) is 12.8 Å². The van der Waals surface area contributed by atoms with Crippen molar-refractivity contribution in [2.75, 3.05) is 19.6 Å². The molecule has 0 amide bonds. The lowest BCUT2D eigenvalue weighted by Gasteiger charge is -2.19. The molecule has 0 radical (unpaired) electrons. The molecule has 0 spiro atoms. The zero-order valence-electron chi connectivity index (χ0n) is 15.7. The van der Waals surface area contributed by atoms with Gasteiger partial charge in [-0.3, -0.25) is 15.0 Å². The molecular weight excluding hydrogens is 354 g/mol. The SMILES string of the molecule is C=CCN(CCc1ccccc1)CCc1ncc(-c2cccc([N+](=O)[O-])c2)o1. The number of rotatable bonds is 10. The monoisotopic (exact) mass is 377 g/mol. The second-order valence-corrected chi connectivity index (χ2v) is 6.50. The first-order valence-electron chi connectivity index (χ1n) is 9.22.